The predicted octanol–water partition coefficient (Wildman–Crippen LogP) is 5.01. The van der Waals surface area contributed by atoms with Crippen LogP contribution in [-0.4, -0.2) is 20.2 Å². The summed E-state index contributed by atoms with van der Waals surface area (Å²) in [4.78, 5) is 9.29. The van der Waals surface area contributed by atoms with Crippen molar-refractivity contribution in [2.45, 2.75) is 0 Å². The number of phenols is 2. The molecule has 2 heterocycles. The van der Waals surface area contributed by atoms with Crippen LogP contribution in [-0.2, 0) is 0 Å². The lowest BCUT2D eigenvalue weighted by Crippen LogP contribution is -1.80. The lowest BCUT2D eigenvalue weighted by Gasteiger charge is -1.97. The van der Waals surface area contributed by atoms with Gasteiger partial charge in [-0.05, 0) is 48.5 Å². The first kappa shape index (κ1) is 14.9. The van der Waals surface area contributed by atoms with Gasteiger partial charge in [-0.1, -0.05) is 0 Å². The second-order valence-corrected chi connectivity index (χ2v) is 6.89. The average Bonchev–Trinajstić information content (AvgIpc) is 3.25. The quantitative estimate of drug-likeness (QED) is 0.544. The van der Waals surface area contributed by atoms with Crippen molar-refractivity contribution in [3.63, 3.8) is 0 Å². The molecule has 2 aromatic heterocycles. The first-order valence-corrected chi connectivity index (χ1v) is 8.95. The highest BCUT2D eigenvalue weighted by atomic mass is 32.1. The maximum Gasteiger partial charge on any atom is 0.152 e. The third-order valence-electron chi connectivity index (χ3n) is 3.52. The van der Waals surface area contributed by atoms with Crippen molar-refractivity contribution in [1.29, 1.82) is 0 Å². The second-order valence-electron chi connectivity index (χ2n) is 5.17. The van der Waals surface area contributed by atoms with Crippen LogP contribution in [0.15, 0.2) is 59.3 Å². The average molecular weight is 352 g/mol. The van der Waals surface area contributed by atoms with Gasteiger partial charge in [0.15, 0.2) is 10.0 Å². The van der Waals surface area contributed by atoms with Crippen LogP contribution in [0.4, 0.5) is 0 Å². The molecule has 0 atom stereocenters. The van der Waals surface area contributed by atoms with Crippen LogP contribution >= 0.6 is 22.7 Å². The smallest absolute Gasteiger partial charge is 0.152 e. The van der Waals surface area contributed by atoms with E-state index >= 15 is 0 Å². The summed E-state index contributed by atoms with van der Waals surface area (Å²) in [6.45, 7) is 0. The molecule has 2 aromatic carbocycles. The van der Waals surface area contributed by atoms with Crippen LogP contribution in [0.25, 0.3) is 32.5 Å². The molecule has 0 fully saturated rings. The lowest BCUT2D eigenvalue weighted by atomic mass is 10.2. The molecule has 0 saturated carbocycles. The zero-order valence-electron chi connectivity index (χ0n) is 12.4. The van der Waals surface area contributed by atoms with E-state index in [9.17, 15) is 10.2 Å². The topological polar surface area (TPSA) is 66.2 Å². The molecule has 0 amide bonds. The Balaban J connectivity index is 1.63. The lowest BCUT2D eigenvalue weighted by molar-refractivity contribution is 0.475. The van der Waals surface area contributed by atoms with Gasteiger partial charge in [0.1, 0.15) is 11.5 Å². The fourth-order valence-electron chi connectivity index (χ4n) is 2.27. The molecule has 118 valence electrons. The number of phenolic OH excluding ortho intramolecular Hbond substituents is 2. The van der Waals surface area contributed by atoms with Crippen LogP contribution in [0.3, 0.4) is 0 Å². The molecule has 0 spiro atoms. The molecule has 0 unspecified atom stereocenters. The van der Waals surface area contributed by atoms with Crippen molar-refractivity contribution in [3.05, 3.63) is 59.3 Å². The summed E-state index contributed by atoms with van der Waals surface area (Å²) in [6, 6.07) is 14.0. The van der Waals surface area contributed by atoms with Gasteiger partial charge in [0.25, 0.3) is 0 Å². The minimum atomic E-state index is 0.243. The van der Waals surface area contributed by atoms with E-state index in [0.29, 0.717) is 0 Å². The van der Waals surface area contributed by atoms with Gasteiger partial charge in [0.05, 0.1) is 11.4 Å². The molecule has 0 aliphatic rings. The van der Waals surface area contributed by atoms with Crippen LogP contribution in [0.1, 0.15) is 0 Å². The normalized spacial score (nSPS) is 10.8. The largest absolute Gasteiger partial charge is 0.508 e. The van der Waals surface area contributed by atoms with E-state index in [1.54, 1.807) is 46.9 Å². The zero-order valence-corrected chi connectivity index (χ0v) is 14.0. The van der Waals surface area contributed by atoms with E-state index in [4.69, 9.17) is 0 Å². The highest BCUT2D eigenvalue weighted by molar-refractivity contribution is 7.20. The summed E-state index contributed by atoms with van der Waals surface area (Å²) in [5.41, 5.74) is 3.67. The molecule has 0 saturated heterocycles. The summed E-state index contributed by atoms with van der Waals surface area (Å²) < 4.78 is 0. The van der Waals surface area contributed by atoms with Crippen LogP contribution < -0.4 is 0 Å². The van der Waals surface area contributed by atoms with Crippen LogP contribution in [0.2, 0.25) is 0 Å². The molecule has 0 aliphatic heterocycles. The predicted molar refractivity (Wildman–Crippen MR) is 97.4 cm³/mol. The molecule has 0 radical (unpaired) electrons. The van der Waals surface area contributed by atoms with Gasteiger partial charge in [-0.15, -0.1) is 22.7 Å². The molecule has 4 rings (SSSR count). The molecule has 6 heteroatoms. The molecule has 0 bridgehead atoms. The minimum Gasteiger partial charge on any atom is -0.508 e. The van der Waals surface area contributed by atoms with E-state index in [1.807, 2.05) is 35.0 Å². The third-order valence-corrected chi connectivity index (χ3v) is 5.34. The van der Waals surface area contributed by atoms with E-state index in [1.165, 1.54) is 0 Å². The number of aromatic nitrogens is 2. The third kappa shape index (κ3) is 2.89. The van der Waals surface area contributed by atoms with Gasteiger partial charge >= 0.3 is 0 Å². The van der Waals surface area contributed by atoms with Crippen molar-refractivity contribution >= 4 is 22.7 Å². The Kier molecular flexibility index (Phi) is 3.76. The fourth-order valence-corrected chi connectivity index (χ4v) is 3.98. The summed E-state index contributed by atoms with van der Waals surface area (Å²) >= 11 is 3.09. The molecule has 0 aliphatic carbocycles. The van der Waals surface area contributed by atoms with Crippen molar-refractivity contribution in [1.82, 2.24) is 9.97 Å². The molecule has 4 aromatic rings. The van der Waals surface area contributed by atoms with Crippen molar-refractivity contribution < 1.29 is 10.2 Å². The molecular formula is C18H12N2O2S2. The summed E-state index contributed by atoms with van der Waals surface area (Å²) in [5.74, 6) is 0.486. The summed E-state index contributed by atoms with van der Waals surface area (Å²) in [6.07, 6.45) is 0. The Bertz CT molecular complexity index is 891. The number of benzene rings is 2. The monoisotopic (exact) mass is 352 g/mol. The molecule has 2 N–H and O–H groups in total. The van der Waals surface area contributed by atoms with Gasteiger partial charge < -0.3 is 10.2 Å². The summed E-state index contributed by atoms with van der Waals surface area (Å²) in [5, 5.41) is 24.5. The van der Waals surface area contributed by atoms with E-state index in [2.05, 4.69) is 9.97 Å². The Labute approximate surface area is 146 Å². The maximum absolute atomic E-state index is 9.37. The second kappa shape index (κ2) is 6.07. The summed E-state index contributed by atoms with van der Waals surface area (Å²) in [7, 11) is 0. The number of aromatic hydroxyl groups is 2. The number of rotatable bonds is 3. The Morgan fingerprint density at radius 3 is 1.33 bits per heavy atom. The van der Waals surface area contributed by atoms with Crippen LogP contribution in [0.5, 0.6) is 11.5 Å². The van der Waals surface area contributed by atoms with Crippen LogP contribution in [0, 0.1) is 0 Å². The highest BCUT2D eigenvalue weighted by Crippen LogP contribution is 2.33. The first-order valence-electron chi connectivity index (χ1n) is 7.19. The molecule has 24 heavy (non-hydrogen) atoms. The van der Waals surface area contributed by atoms with E-state index < -0.39 is 0 Å². The minimum absolute atomic E-state index is 0.243. The van der Waals surface area contributed by atoms with Gasteiger partial charge in [0.2, 0.25) is 0 Å². The van der Waals surface area contributed by atoms with Gasteiger partial charge in [-0.2, -0.15) is 0 Å². The van der Waals surface area contributed by atoms with Gasteiger partial charge in [0, 0.05) is 21.9 Å². The standard InChI is InChI=1S/C18H12N2O2S2/c21-13-5-1-11(2-6-13)15-9-23-17(19-15)18-20-16(10-24-18)12-3-7-14(22)8-4-12/h1-10,21-22H. The Morgan fingerprint density at radius 2 is 0.958 bits per heavy atom. The molecule has 4 nitrogen and oxygen atoms in total. The van der Waals surface area contributed by atoms with E-state index in [-0.39, 0.29) is 11.5 Å². The Hall–Kier alpha value is -2.70. The zero-order chi connectivity index (χ0) is 16.5. The van der Waals surface area contributed by atoms with Crippen molar-refractivity contribution in [2.75, 3.05) is 0 Å². The number of thiazole rings is 2. The number of hydrogen-bond acceptors (Lipinski definition) is 6. The highest BCUT2D eigenvalue weighted by Gasteiger charge is 2.11. The van der Waals surface area contributed by atoms with Crippen molar-refractivity contribution in [2.24, 2.45) is 0 Å². The van der Waals surface area contributed by atoms with E-state index in [0.717, 1.165) is 32.5 Å². The fraction of sp³-hybridized carbons (Fsp3) is 0. The SMILES string of the molecule is Oc1ccc(-c2csc(-c3nc(-c4ccc(O)cc4)cs3)n2)cc1. The van der Waals surface area contributed by atoms with Gasteiger partial charge in [-0.25, -0.2) is 9.97 Å². The number of nitrogens with zero attached hydrogens (tertiary/aromatic N) is 2. The first-order chi connectivity index (χ1) is 11.7. The molecular weight excluding hydrogens is 340 g/mol. The number of hydrogen-bond donors (Lipinski definition) is 2. The maximum atomic E-state index is 9.37. The van der Waals surface area contributed by atoms with Gasteiger partial charge in [-0.3, -0.25) is 0 Å². The van der Waals surface area contributed by atoms with Crippen molar-refractivity contribution in [3.8, 4) is 44.0 Å². The Morgan fingerprint density at radius 1 is 0.583 bits per heavy atom.